The third-order valence-electron chi connectivity index (χ3n) is 2.49. The van der Waals surface area contributed by atoms with Crippen molar-refractivity contribution >= 4 is 17.6 Å². The zero-order valence-electron chi connectivity index (χ0n) is 10.7. The molecule has 0 atom stereocenters. The molecule has 0 aromatic heterocycles. The van der Waals surface area contributed by atoms with Gasteiger partial charge in [0.2, 0.25) is 5.91 Å². The van der Waals surface area contributed by atoms with Crippen LogP contribution in [0.2, 0.25) is 0 Å². The second-order valence-electron chi connectivity index (χ2n) is 4.60. The van der Waals surface area contributed by atoms with Gasteiger partial charge in [0.1, 0.15) is 17.2 Å². The van der Waals surface area contributed by atoms with Crippen molar-refractivity contribution < 1.29 is 23.5 Å². The highest BCUT2D eigenvalue weighted by atomic mass is 19.1. The van der Waals surface area contributed by atoms with E-state index in [2.05, 4.69) is 5.32 Å². The number of carboxylic acids is 1. The lowest BCUT2D eigenvalue weighted by Gasteiger charge is -2.08. The average molecular weight is 271 g/mol. The number of carbonyl (C=O) groups excluding carboxylic acids is 1. The summed E-state index contributed by atoms with van der Waals surface area (Å²) in [4.78, 5) is 22.1. The van der Waals surface area contributed by atoms with Gasteiger partial charge in [-0.15, -0.1) is 0 Å². The highest BCUT2D eigenvalue weighted by Gasteiger charge is 2.18. The Morgan fingerprint density at radius 3 is 2.21 bits per heavy atom. The number of nitrogens with one attached hydrogen (secondary N) is 1. The first-order chi connectivity index (χ1) is 8.81. The van der Waals surface area contributed by atoms with E-state index in [1.54, 1.807) is 0 Å². The fourth-order valence-corrected chi connectivity index (χ4v) is 1.49. The number of halogens is 2. The minimum Gasteiger partial charge on any atom is -0.477 e. The Kier molecular flexibility index (Phi) is 4.97. The molecule has 0 aliphatic carbocycles. The van der Waals surface area contributed by atoms with Crippen LogP contribution >= 0.6 is 0 Å². The Labute approximate surface area is 109 Å². The van der Waals surface area contributed by atoms with Gasteiger partial charge < -0.3 is 10.4 Å². The van der Waals surface area contributed by atoms with Gasteiger partial charge in [-0.05, 0) is 24.5 Å². The van der Waals surface area contributed by atoms with E-state index in [0.717, 1.165) is 12.1 Å². The van der Waals surface area contributed by atoms with Gasteiger partial charge in [-0.25, -0.2) is 13.6 Å². The maximum absolute atomic E-state index is 13.4. The molecule has 0 saturated heterocycles. The van der Waals surface area contributed by atoms with Crippen molar-refractivity contribution in [2.45, 2.75) is 26.7 Å². The average Bonchev–Trinajstić information content (AvgIpc) is 2.24. The molecule has 1 aromatic rings. The molecule has 104 valence electrons. The molecular formula is C13H15F2NO3. The molecule has 1 amide bonds. The highest BCUT2D eigenvalue weighted by Crippen LogP contribution is 2.19. The number of aromatic carboxylic acids is 1. The number of hydrogen-bond acceptors (Lipinski definition) is 2. The zero-order chi connectivity index (χ0) is 14.6. The van der Waals surface area contributed by atoms with Gasteiger partial charge in [-0.2, -0.15) is 0 Å². The van der Waals surface area contributed by atoms with Crippen LogP contribution in [0.5, 0.6) is 0 Å². The summed E-state index contributed by atoms with van der Waals surface area (Å²) in [5.41, 5.74) is -1.12. The topological polar surface area (TPSA) is 66.4 Å². The van der Waals surface area contributed by atoms with Crippen LogP contribution in [0.15, 0.2) is 12.1 Å². The van der Waals surface area contributed by atoms with Gasteiger partial charge in [0, 0.05) is 12.1 Å². The fourth-order valence-electron chi connectivity index (χ4n) is 1.49. The molecule has 0 heterocycles. The monoisotopic (exact) mass is 271 g/mol. The van der Waals surface area contributed by atoms with E-state index in [0.29, 0.717) is 12.3 Å². The third-order valence-corrected chi connectivity index (χ3v) is 2.49. The van der Waals surface area contributed by atoms with Crippen LogP contribution in [0.3, 0.4) is 0 Å². The molecule has 1 rings (SSSR count). The van der Waals surface area contributed by atoms with E-state index in [9.17, 15) is 18.4 Å². The molecule has 6 heteroatoms. The lowest BCUT2D eigenvalue weighted by Crippen LogP contribution is -2.14. The van der Waals surface area contributed by atoms with E-state index in [1.165, 1.54) is 0 Å². The van der Waals surface area contributed by atoms with Crippen molar-refractivity contribution in [1.82, 2.24) is 0 Å². The normalized spacial score (nSPS) is 10.6. The molecule has 2 N–H and O–H groups in total. The summed E-state index contributed by atoms with van der Waals surface area (Å²) in [6.45, 7) is 3.91. The number of carbonyl (C=O) groups is 2. The Morgan fingerprint density at radius 2 is 1.79 bits per heavy atom. The summed E-state index contributed by atoms with van der Waals surface area (Å²) in [6.07, 6.45) is 0.894. The zero-order valence-corrected chi connectivity index (χ0v) is 10.7. The maximum atomic E-state index is 13.4. The van der Waals surface area contributed by atoms with Crippen LogP contribution < -0.4 is 5.32 Å². The largest absolute Gasteiger partial charge is 0.477 e. The van der Waals surface area contributed by atoms with E-state index in [1.807, 2.05) is 13.8 Å². The summed E-state index contributed by atoms with van der Waals surface area (Å²) >= 11 is 0. The van der Waals surface area contributed by atoms with E-state index < -0.39 is 23.2 Å². The second kappa shape index (κ2) is 6.26. The van der Waals surface area contributed by atoms with Crippen LogP contribution in [-0.2, 0) is 4.79 Å². The van der Waals surface area contributed by atoms with E-state index in [4.69, 9.17) is 5.11 Å². The molecule has 0 aliphatic rings. The van der Waals surface area contributed by atoms with Crippen LogP contribution in [0, 0.1) is 17.6 Å². The molecule has 0 spiro atoms. The molecule has 19 heavy (non-hydrogen) atoms. The van der Waals surface area contributed by atoms with Crippen LogP contribution in [-0.4, -0.2) is 17.0 Å². The molecule has 0 aliphatic heterocycles. The van der Waals surface area contributed by atoms with Crippen molar-refractivity contribution in [1.29, 1.82) is 0 Å². The quantitative estimate of drug-likeness (QED) is 0.865. The smallest absolute Gasteiger partial charge is 0.341 e. The Bertz CT molecular complexity index is 478. The molecule has 4 nitrogen and oxygen atoms in total. The molecule has 1 aromatic carbocycles. The molecule has 0 fully saturated rings. The Hall–Kier alpha value is -1.98. The third kappa shape index (κ3) is 4.31. The van der Waals surface area contributed by atoms with E-state index in [-0.39, 0.29) is 18.0 Å². The molecule has 0 radical (unpaired) electrons. The molecular weight excluding hydrogens is 256 g/mol. The SMILES string of the molecule is CC(C)CCC(=O)Nc1cc(F)c(C(=O)O)c(F)c1. The minimum absolute atomic E-state index is 0.0891. The first kappa shape index (κ1) is 15.1. The number of carboxylic acid groups (broad SMARTS) is 1. The summed E-state index contributed by atoms with van der Waals surface area (Å²) < 4.78 is 26.7. The predicted octanol–water partition coefficient (Wildman–Crippen LogP) is 3.04. The summed E-state index contributed by atoms with van der Waals surface area (Å²) in [5.74, 6) is -4.14. The predicted molar refractivity (Wildman–Crippen MR) is 66.0 cm³/mol. The minimum atomic E-state index is -1.69. The van der Waals surface area contributed by atoms with Crippen molar-refractivity contribution in [3.63, 3.8) is 0 Å². The van der Waals surface area contributed by atoms with Crippen LogP contribution in [0.4, 0.5) is 14.5 Å². The number of benzene rings is 1. The van der Waals surface area contributed by atoms with Gasteiger partial charge in [0.05, 0.1) is 0 Å². The lowest BCUT2D eigenvalue weighted by atomic mass is 10.1. The summed E-state index contributed by atoms with van der Waals surface area (Å²) in [5, 5.41) is 10.9. The van der Waals surface area contributed by atoms with E-state index >= 15 is 0 Å². The number of rotatable bonds is 5. The van der Waals surface area contributed by atoms with Crippen molar-refractivity contribution in [2.75, 3.05) is 5.32 Å². The van der Waals surface area contributed by atoms with Gasteiger partial charge in [-0.3, -0.25) is 4.79 Å². The molecule has 0 bridgehead atoms. The standard InChI is InChI=1S/C13H15F2NO3/c1-7(2)3-4-11(17)16-8-5-9(14)12(13(18)19)10(15)6-8/h5-7H,3-4H2,1-2H3,(H,16,17)(H,18,19). The Balaban J connectivity index is 2.81. The van der Waals surface area contributed by atoms with Crippen molar-refractivity contribution in [3.8, 4) is 0 Å². The number of amides is 1. The summed E-state index contributed by atoms with van der Waals surface area (Å²) in [7, 11) is 0. The summed E-state index contributed by atoms with van der Waals surface area (Å²) in [6, 6.07) is 1.58. The van der Waals surface area contributed by atoms with Crippen LogP contribution in [0.1, 0.15) is 37.0 Å². The van der Waals surface area contributed by atoms with Gasteiger partial charge >= 0.3 is 5.97 Å². The number of hydrogen-bond donors (Lipinski definition) is 2. The van der Waals surface area contributed by atoms with Crippen LogP contribution in [0.25, 0.3) is 0 Å². The van der Waals surface area contributed by atoms with Gasteiger partial charge in [0.25, 0.3) is 0 Å². The molecule has 0 saturated carbocycles. The lowest BCUT2D eigenvalue weighted by molar-refractivity contribution is -0.116. The fraction of sp³-hybridized carbons (Fsp3) is 0.385. The van der Waals surface area contributed by atoms with Gasteiger partial charge in [0.15, 0.2) is 0 Å². The number of anilines is 1. The van der Waals surface area contributed by atoms with Crippen molar-refractivity contribution in [3.05, 3.63) is 29.3 Å². The van der Waals surface area contributed by atoms with Crippen molar-refractivity contribution in [2.24, 2.45) is 5.92 Å². The highest BCUT2D eigenvalue weighted by molar-refractivity contribution is 5.92. The Morgan fingerprint density at radius 1 is 1.26 bits per heavy atom. The molecule has 0 unspecified atom stereocenters. The van der Waals surface area contributed by atoms with Gasteiger partial charge in [-0.1, -0.05) is 13.8 Å². The maximum Gasteiger partial charge on any atom is 0.341 e. The second-order valence-corrected chi connectivity index (χ2v) is 4.60. The first-order valence-corrected chi connectivity index (χ1v) is 5.83. The first-order valence-electron chi connectivity index (χ1n) is 5.83.